The first-order valence-electron chi connectivity index (χ1n) is 8.93. The molecule has 146 valence electrons. The summed E-state index contributed by atoms with van der Waals surface area (Å²) < 4.78 is 41.9. The molecule has 2 aromatic heterocycles. The first-order chi connectivity index (χ1) is 13.4. The number of amides is 1. The zero-order chi connectivity index (χ0) is 19.7. The van der Waals surface area contributed by atoms with Gasteiger partial charge in [-0.1, -0.05) is 6.07 Å². The van der Waals surface area contributed by atoms with Crippen molar-refractivity contribution >= 4 is 21.6 Å². The second-order valence-electron chi connectivity index (χ2n) is 6.64. The van der Waals surface area contributed by atoms with Crippen molar-refractivity contribution in [3.63, 3.8) is 0 Å². The Hall–Kier alpha value is -2.78. The minimum Gasteiger partial charge on any atom is -0.349 e. The number of pyridine rings is 1. The van der Waals surface area contributed by atoms with E-state index in [9.17, 15) is 17.6 Å². The molecule has 0 aliphatic carbocycles. The molecule has 1 aliphatic rings. The van der Waals surface area contributed by atoms with Gasteiger partial charge < -0.3 is 9.72 Å². The summed E-state index contributed by atoms with van der Waals surface area (Å²) in [4.78, 5) is 17.1. The molecular weight excluding hydrogens is 383 g/mol. The van der Waals surface area contributed by atoms with Crippen molar-refractivity contribution in [1.29, 1.82) is 0 Å². The van der Waals surface area contributed by atoms with Crippen molar-refractivity contribution in [1.82, 2.24) is 19.0 Å². The van der Waals surface area contributed by atoms with E-state index in [0.29, 0.717) is 18.5 Å². The molecule has 1 atom stereocenters. The molecule has 1 fully saturated rings. The highest BCUT2D eigenvalue weighted by Gasteiger charge is 2.39. The van der Waals surface area contributed by atoms with E-state index in [1.807, 2.05) is 35.0 Å². The van der Waals surface area contributed by atoms with Crippen LogP contribution in [0.1, 0.15) is 18.5 Å². The number of rotatable bonds is 5. The number of halogens is 1. The summed E-state index contributed by atoms with van der Waals surface area (Å²) in [6.45, 7) is 0.466. The summed E-state index contributed by atoms with van der Waals surface area (Å²) in [6, 6.07) is 9.47. The summed E-state index contributed by atoms with van der Waals surface area (Å²) in [7, 11) is -3.87. The molecule has 4 rings (SSSR count). The quantitative estimate of drug-likeness (QED) is 0.707. The van der Waals surface area contributed by atoms with Crippen molar-refractivity contribution in [2.75, 3.05) is 6.54 Å². The Morgan fingerprint density at radius 1 is 1.21 bits per heavy atom. The van der Waals surface area contributed by atoms with Gasteiger partial charge in [0.15, 0.2) is 0 Å². The number of carbonyl (C=O) groups excluding carboxylic acids is 1. The van der Waals surface area contributed by atoms with Gasteiger partial charge in [-0.05, 0) is 49.2 Å². The number of fused-ring (bicyclic) bond motifs is 1. The number of benzene rings is 1. The van der Waals surface area contributed by atoms with E-state index in [0.717, 1.165) is 17.8 Å². The lowest BCUT2D eigenvalue weighted by Gasteiger charge is -2.23. The summed E-state index contributed by atoms with van der Waals surface area (Å²) in [5, 5.41) is 2.78. The first-order valence-corrected chi connectivity index (χ1v) is 10.4. The van der Waals surface area contributed by atoms with Crippen LogP contribution in [0.4, 0.5) is 4.39 Å². The van der Waals surface area contributed by atoms with Gasteiger partial charge in [-0.2, -0.15) is 4.31 Å². The van der Waals surface area contributed by atoms with Crippen LogP contribution < -0.4 is 5.32 Å². The molecule has 1 amide bonds. The van der Waals surface area contributed by atoms with E-state index in [-0.39, 0.29) is 23.9 Å². The summed E-state index contributed by atoms with van der Waals surface area (Å²) in [5.41, 5.74) is 1.46. The standard InChI is InChI=1S/C19H19FN4O3S/c20-14-6-8-16(9-7-14)28(26,27)24-11-3-4-17(24)19(25)21-12-15-13-23-10-2-1-5-18(23)22-15/h1-2,5-10,13,17H,3-4,11-12H2,(H,21,25). The van der Waals surface area contributed by atoms with Crippen molar-refractivity contribution in [2.45, 2.75) is 30.3 Å². The fraction of sp³-hybridized carbons (Fsp3) is 0.263. The molecule has 0 radical (unpaired) electrons. The van der Waals surface area contributed by atoms with E-state index in [4.69, 9.17) is 0 Å². The van der Waals surface area contributed by atoms with Gasteiger partial charge in [-0.3, -0.25) is 4.79 Å². The molecule has 1 saturated heterocycles. The number of carbonyl (C=O) groups is 1. The highest BCUT2D eigenvalue weighted by Crippen LogP contribution is 2.26. The van der Waals surface area contributed by atoms with Gasteiger partial charge in [0.25, 0.3) is 0 Å². The summed E-state index contributed by atoms with van der Waals surface area (Å²) in [6.07, 6.45) is 4.71. The van der Waals surface area contributed by atoms with E-state index in [2.05, 4.69) is 10.3 Å². The summed E-state index contributed by atoms with van der Waals surface area (Å²) in [5.74, 6) is -0.873. The fourth-order valence-corrected chi connectivity index (χ4v) is 5.06. The monoisotopic (exact) mass is 402 g/mol. The molecule has 1 unspecified atom stereocenters. The van der Waals surface area contributed by atoms with Gasteiger partial charge >= 0.3 is 0 Å². The maximum atomic E-state index is 13.1. The van der Waals surface area contributed by atoms with Gasteiger partial charge in [0.2, 0.25) is 15.9 Å². The third-order valence-electron chi connectivity index (χ3n) is 4.78. The van der Waals surface area contributed by atoms with Crippen LogP contribution >= 0.6 is 0 Å². The Labute approximate surface area is 161 Å². The third kappa shape index (κ3) is 3.50. The molecule has 28 heavy (non-hydrogen) atoms. The number of nitrogens with one attached hydrogen (secondary N) is 1. The summed E-state index contributed by atoms with van der Waals surface area (Å²) >= 11 is 0. The molecule has 9 heteroatoms. The van der Waals surface area contributed by atoms with Gasteiger partial charge in [0.1, 0.15) is 17.5 Å². The van der Waals surface area contributed by atoms with Crippen LogP contribution in [0.3, 0.4) is 0 Å². The topological polar surface area (TPSA) is 83.8 Å². The molecule has 1 N–H and O–H groups in total. The Bertz CT molecular complexity index is 1080. The second-order valence-corrected chi connectivity index (χ2v) is 8.53. The molecule has 0 bridgehead atoms. The molecule has 3 heterocycles. The Balaban J connectivity index is 1.47. The number of hydrogen-bond donors (Lipinski definition) is 1. The average Bonchev–Trinajstić information content (AvgIpc) is 3.33. The smallest absolute Gasteiger partial charge is 0.243 e. The van der Waals surface area contributed by atoms with Gasteiger partial charge in [0, 0.05) is 18.9 Å². The van der Waals surface area contributed by atoms with E-state index >= 15 is 0 Å². The maximum absolute atomic E-state index is 13.1. The van der Waals surface area contributed by atoms with Gasteiger partial charge in [-0.25, -0.2) is 17.8 Å². The normalized spacial score (nSPS) is 17.8. The first kappa shape index (κ1) is 18.6. The predicted octanol–water partition coefficient (Wildman–Crippen LogP) is 1.94. The number of imidazole rings is 1. The Morgan fingerprint density at radius 2 is 2.00 bits per heavy atom. The lowest BCUT2D eigenvalue weighted by atomic mass is 10.2. The Kier molecular flexibility index (Phi) is 4.86. The lowest BCUT2D eigenvalue weighted by molar-refractivity contribution is -0.124. The molecule has 1 aliphatic heterocycles. The molecule has 0 saturated carbocycles. The molecule has 7 nitrogen and oxygen atoms in total. The Morgan fingerprint density at radius 3 is 2.75 bits per heavy atom. The highest BCUT2D eigenvalue weighted by atomic mass is 32.2. The molecule has 3 aromatic rings. The van der Waals surface area contributed by atoms with Crippen LogP contribution in [-0.4, -0.2) is 40.6 Å². The minimum absolute atomic E-state index is 0.0195. The third-order valence-corrected chi connectivity index (χ3v) is 6.71. The fourth-order valence-electron chi connectivity index (χ4n) is 3.40. The largest absolute Gasteiger partial charge is 0.349 e. The van der Waals surface area contributed by atoms with Crippen LogP contribution in [0, 0.1) is 5.82 Å². The van der Waals surface area contributed by atoms with Crippen LogP contribution in [0.5, 0.6) is 0 Å². The van der Waals surface area contributed by atoms with Crippen molar-refractivity contribution in [2.24, 2.45) is 0 Å². The number of sulfonamides is 1. The van der Waals surface area contributed by atoms with Crippen molar-refractivity contribution in [3.05, 3.63) is 66.4 Å². The lowest BCUT2D eigenvalue weighted by Crippen LogP contribution is -2.45. The van der Waals surface area contributed by atoms with Gasteiger partial charge in [-0.15, -0.1) is 0 Å². The second kappa shape index (κ2) is 7.33. The predicted molar refractivity (Wildman–Crippen MR) is 100 cm³/mol. The van der Waals surface area contributed by atoms with Crippen LogP contribution in [0.15, 0.2) is 59.8 Å². The number of hydrogen-bond acceptors (Lipinski definition) is 4. The van der Waals surface area contributed by atoms with Crippen molar-refractivity contribution < 1.29 is 17.6 Å². The zero-order valence-electron chi connectivity index (χ0n) is 15.0. The molecule has 1 aromatic carbocycles. The van der Waals surface area contributed by atoms with Gasteiger partial charge in [0.05, 0.1) is 17.1 Å². The van der Waals surface area contributed by atoms with Crippen LogP contribution in [0.25, 0.3) is 5.65 Å². The molecular formula is C19H19FN4O3S. The molecule has 0 spiro atoms. The number of aromatic nitrogens is 2. The SMILES string of the molecule is O=C(NCc1cn2ccccc2n1)C1CCCN1S(=O)(=O)c1ccc(F)cc1. The van der Waals surface area contributed by atoms with Crippen LogP contribution in [-0.2, 0) is 21.4 Å². The van der Waals surface area contributed by atoms with E-state index < -0.39 is 21.9 Å². The van der Waals surface area contributed by atoms with Crippen molar-refractivity contribution in [3.8, 4) is 0 Å². The average molecular weight is 402 g/mol. The highest BCUT2D eigenvalue weighted by molar-refractivity contribution is 7.89. The van der Waals surface area contributed by atoms with E-state index in [1.165, 1.54) is 16.4 Å². The number of nitrogens with zero attached hydrogens (tertiary/aromatic N) is 3. The van der Waals surface area contributed by atoms with E-state index in [1.54, 1.807) is 0 Å². The zero-order valence-corrected chi connectivity index (χ0v) is 15.8. The van der Waals surface area contributed by atoms with Crippen LogP contribution in [0.2, 0.25) is 0 Å². The maximum Gasteiger partial charge on any atom is 0.243 e. The minimum atomic E-state index is -3.87.